The van der Waals surface area contributed by atoms with Crippen LogP contribution in [-0.4, -0.2) is 25.2 Å². The maximum Gasteiger partial charge on any atom is 0.221 e. The zero-order valence-corrected chi connectivity index (χ0v) is 11.2. The van der Waals surface area contributed by atoms with Crippen molar-refractivity contribution in [3.63, 3.8) is 0 Å². The third kappa shape index (κ3) is 3.68. The van der Waals surface area contributed by atoms with Gasteiger partial charge in [-0.25, -0.2) is 13.1 Å². The predicted molar refractivity (Wildman–Crippen MR) is 69.7 cm³/mol. The summed E-state index contributed by atoms with van der Waals surface area (Å²) in [6, 6.07) is 0. The molecule has 16 heavy (non-hydrogen) atoms. The van der Waals surface area contributed by atoms with Crippen molar-refractivity contribution in [1.29, 1.82) is 0 Å². The van der Waals surface area contributed by atoms with Crippen molar-refractivity contribution >= 4 is 27.2 Å². The highest BCUT2D eigenvalue weighted by molar-refractivity contribution is 7.93. The number of thiocarbonyl (C=S) groups is 1. The second-order valence-electron chi connectivity index (χ2n) is 4.34. The summed E-state index contributed by atoms with van der Waals surface area (Å²) in [7, 11) is -3.38. The maximum atomic E-state index is 11.9. The van der Waals surface area contributed by atoms with Crippen LogP contribution in [0.25, 0.3) is 0 Å². The third-order valence-electron chi connectivity index (χ3n) is 3.11. The van der Waals surface area contributed by atoms with Crippen LogP contribution in [0, 0.1) is 5.92 Å². The molecule has 4 nitrogen and oxygen atoms in total. The van der Waals surface area contributed by atoms with Gasteiger partial charge in [-0.2, -0.15) is 0 Å². The fraction of sp³-hybridized carbons (Fsp3) is 0.900. The van der Waals surface area contributed by atoms with Gasteiger partial charge in [0.2, 0.25) is 10.0 Å². The molecule has 0 radical (unpaired) electrons. The fourth-order valence-corrected chi connectivity index (χ4v) is 4.08. The zero-order valence-electron chi connectivity index (χ0n) is 9.61. The maximum absolute atomic E-state index is 11.9. The summed E-state index contributed by atoms with van der Waals surface area (Å²) >= 11 is 4.77. The van der Waals surface area contributed by atoms with Crippen LogP contribution in [0.1, 0.15) is 39.0 Å². The van der Waals surface area contributed by atoms with Crippen LogP contribution in [0.3, 0.4) is 0 Å². The van der Waals surface area contributed by atoms with Crippen molar-refractivity contribution in [3.8, 4) is 0 Å². The van der Waals surface area contributed by atoms with Gasteiger partial charge in [-0.3, -0.25) is 0 Å². The molecule has 0 aromatic rings. The lowest BCUT2D eigenvalue weighted by molar-refractivity contribution is 0.517. The molecule has 3 N–H and O–H groups in total. The lowest BCUT2D eigenvalue weighted by Gasteiger charge is -2.17. The summed E-state index contributed by atoms with van der Waals surface area (Å²) in [5.41, 5.74) is 5.43. The molecule has 0 heterocycles. The molecule has 1 aliphatic carbocycles. The molecule has 1 fully saturated rings. The van der Waals surface area contributed by atoms with E-state index >= 15 is 0 Å². The molecule has 0 aromatic heterocycles. The number of sulfonamides is 1. The van der Waals surface area contributed by atoms with Crippen molar-refractivity contribution in [2.24, 2.45) is 11.7 Å². The summed E-state index contributed by atoms with van der Waals surface area (Å²) in [5.74, 6) is 0.485. The smallest absolute Gasteiger partial charge is 0.221 e. The largest absolute Gasteiger partial charge is 0.392 e. The number of hydrogen-bond donors (Lipinski definition) is 2. The van der Waals surface area contributed by atoms with E-state index in [1.165, 1.54) is 12.8 Å². The fourth-order valence-electron chi connectivity index (χ4n) is 2.12. The summed E-state index contributed by atoms with van der Waals surface area (Å²) in [6.07, 6.45) is 5.08. The quantitative estimate of drug-likeness (QED) is 0.706. The van der Waals surface area contributed by atoms with Crippen LogP contribution in [0.5, 0.6) is 0 Å². The topological polar surface area (TPSA) is 72.2 Å². The first-order valence-electron chi connectivity index (χ1n) is 5.75. The van der Waals surface area contributed by atoms with Crippen LogP contribution in [0.2, 0.25) is 0 Å². The molecule has 1 saturated carbocycles. The Hall–Kier alpha value is -0.200. The van der Waals surface area contributed by atoms with Gasteiger partial charge in [-0.15, -0.1) is 0 Å². The molecule has 0 spiro atoms. The SMILES string of the molecule is CCC(C(N)=S)S(=O)(=O)NCC1CCCC1. The number of nitrogens with one attached hydrogen (secondary N) is 1. The van der Waals surface area contributed by atoms with Crippen LogP contribution in [0.4, 0.5) is 0 Å². The molecule has 6 heteroatoms. The lowest BCUT2D eigenvalue weighted by atomic mass is 10.1. The van der Waals surface area contributed by atoms with E-state index in [9.17, 15) is 8.42 Å². The van der Waals surface area contributed by atoms with Gasteiger partial charge in [0.05, 0.1) is 4.99 Å². The van der Waals surface area contributed by atoms with Gasteiger partial charge in [-0.1, -0.05) is 32.0 Å². The van der Waals surface area contributed by atoms with Crippen molar-refractivity contribution in [2.75, 3.05) is 6.54 Å². The van der Waals surface area contributed by atoms with Crippen molar-refractivity contribution < 1.29 is 8.42 Å². The molecule has 1 unspecified atom stereocenters. The monoisotopic (exact) mass is 264 g/mol. The van der Waals surface area contributed by atoms with E-state index < -0.39 is 15.3 Å². The second kappa shape index (κ2) is 5.93. The first-order valence-corrected chi connectivity index (χ1v) is 7.70. The van der Waals surface area contributed by atoms with E-state index in [1.54, 1.807) is 6.92 Å². The Kier molecular flexibility index (Phi) is 5.14. The van der Waals surface area contributed by atoms with Gasteiger partial charge in [-0.05, 0) is 25.2 Å². The van der Waals surface area contributed by atoms with Crippen LogP contribution in [-0.2, 0) is 10.0 Å². The average molecular weight is 264 g/mol. The Labute approximate surface area is 103 Å². The Morgan fingerprint density at radius 1 is 1.50 bits per heavy atom. The van der Waals surface area contributed by atoms with Crippen LogP contribution < -0.4 is 10.5 Å². The highest BCUT2D eigenvalue weighted by Gasteiger charge is 2.27. The van der Waals surface area contributed by atoms with E-state index in [-0.39, 0.29) is 4.99 Å². The molecule has 1 atom stereocenters. The minimum absolute atomic E-state index is 0.0569. The third-order valence-corrected chi connectivity index (χ3v) is 5.45. The predicted octanol–water partition coefficient (Wildman–Crippen LogP) is 1.16. The number of rotatable bonds is 6. The van der Waals surface area contributed by atoms with Gasteiger partial charge >= 0.3 is 0 Å². The Balaban J connectivity index is 2.52. The van der Waals surface area contributed by atoms with Crippen molar-refractivity contribution in [3.05, 3.63) is 0 Å². The molecule has 0 saturated heterocycles. The normalized spacial score (nSPS) is 19.8. The first-order chi connectivity index (χ1) is 7.47. The summed E-state index contributed by atoms with van der Waals surface area (Å²) in [5, 5.41) is -0.732. The highest BCUT2D eigenvalue weighted by Crippen LogP contribution is 2.24. The van der Waals surface area contributed by atoms with E-state index in [0.717, 1.165) is 12.8 Å². The van der Waals surface area contributed by atoms with E-state index in [0.29, 0.717) is 18.9 Å². The zero-order chi connectivity index (χ0) is 12.2. The molecule has 0 aromatic carbocycles. The molecular formula is C10H20N2O2S2. The minimum atomic E-state index is -3.38. The molecule has 0 aliphatic heterocycles. The van der Waals surface area contributed by atoms with Gasteiger partial charge in [0.25, 0.3) is 0 Å². The van der Waals surface area contributed by atoms with Crippen molar-refractivity contribution in [2.45, 2.75) is 44.3 Å². The molecule has 0 amide bonds. The van der Waals surface area contributed by atoms with Gasteiger partial charge in [0.15, 0.2) is 0 Å². The van der Waals surface area contributed by atoms with Crippen LogP contribution in [0.15, 0.2) is 0 Å². The average Bonchev–Trinajstić information content (AvgIpc) is 2.67. The highest BCUT2D eigenvalue weighted by atomic mass is 32.2. The van der Waals surface area contributed by atoms with E-state index in [1.807, 2.05) is 0 Å². The van der Waals surface area contributed by atoms with Gasteiger partial charge < -0.3 is 5.73 Å². The summed E-state index contributed by atoms with van der Waals surface area (Å²) < 4.78 is 26.4. The van der Waals surface area contributed by atoms with Gasteiger partial charge in [0.1, 0.15) is 5.25 Å². The number of hydrogen-bond acceptors (Lipinski definition) is 3. The molecule has 1 aliphatic rings. The van der Waals surface area contributed by atoms with E-state index in [2.05, 4.69) is 4.72 Å². The number of nitrogens with two attached hydrogens (primary N) is 1. The summed E-state index contributed by atoms with van der Waals surface area (Å²) in [4.78, 5) is 0.0569. The molecule has 0 bridgehead atoms. The summed E-state index contributed by atoms with van der Waals surface area (Å²) in [6.45, 7) is 2.31. The molecular weight excluding hydrogens is 244 g/mol. The Morgan fingerprint density at radius 3 is 2.50 bits per heavy atom. The first kappa shape index (κ1) is 13.9. The van der Waals surface area contributed by atoms with Crippen LogP contribution >= 0.6 is 12.2 Å². The molecule has 94 valence electrons. The Bertz CT molecular complexity index is 335. The lowest BCUT2D eigenvalue weighted by Crippen LogP contribution is -2.42. The van der Waals surface area contributed by atoms with E-state index in [4.69, 9.17) is 18.0 Å². The minimum Gasteiger partial charge on any atom is -0.392 e. The molecule has 1 rings (SSSR count). The Morgan fingerprint density at radius 2 is 2.06 bits per heavy atom. The van der Waals surface area contributed by atoms with Crippen molar-refractivity contribution in [1.82, 2.24) is 4.72 Å². The van der Waals surface area contributed by atoms with Gasteiger partial charge in [0, 0.05) is 6.54 Å². The standard InChI is InChI=1S/C10H20N2O2S2/c1-2-9(10(11)15)16(13,14)12-7-8-5-3-4-6-8/h8-9,12H,2-7H2,1H3,(H2,11,15). The second-order valence-corrected chi connectivity index (χ2v) is 6.76.